The SMILES string of the molecule is COCCN1CC[C@@H](CN(C)Cc2ccc(-n3cccn3)cc2C)C1. The second-order valence-corrected chi connectivity index (χ2v) is 7.21. The van der Waals surface area contributed by atoms with E-state index in [4.69, 9.17) is 4.74 Å². The van der Waals surface area contributed by atoms with Crippen LogP contribution in [-0.4, -0.2) is 66.5 Å². The van der Waals surface area contributed by atoms with E-state index in [1.165, 1.54) is 30.6 Å². The molecule has 2 aromatic rings. The average molecular weight is 342 g/mol. The summed E-state index contributed by atoms with van der Waals surface area (Å²) >= 11 is 0. The first kappa shape index (κ1) is 18.1. The maximum Gasteiger partial charge on any atom is 0.0648 e. The molecule has 1 aliphatic rings. The van der Waals surface area contributed by atoms with E-state index in [1.807, 2.05) is 23.1 Å². The van der Waals surface area contributed by atoms with Crippen LogP contribution in [0, 0.1) is 12.8 Å². The molecule has 0 amide bonds. The third-order valence-corrected chi connectivity index (χ3v) is 5.09. The third-order valence-electron chi connectivity index (χ3n) is 5.09. The van der Waals surface area contributed by atoms with Crippen LogP contribution in [0.5, 0.6) is 0 Å². The van der Waals surface area contributed by atoms with Gasteiger partial charge in [0.15, 0.2) is 0 Å². The number of benzene rings is 1. The van der Waals surface area contributed by atoms with Gasteiger partial charge in [0.2, 0.25) is 0 Å². The molecule has 0 aliphatic carbocycles. The molecule has 1 fully saturated rings. The van der Waals surface area contributed by atoms with Gasteiger partial charge in [0.05, 0.1) is 12.3 Å². The summed E-state index contributed by atoms with van der Waals surface area (Å²) in [5.74, 6) is 0.769. The largest absolute Gasteiger partial charge is 0.383 e. The van der Waals surface area contributed by atoms with Crippen molar-refractivity contribution < 1.29 is 4.74 Å². The Morgan fingerprint density at radius 2 is 2.24 bits per heavy atom. The van der Waals surface area contributed by atoms with E-state index in [0.717, 1.165) is 37.8 Å². The highest BCUT2D eigenvalue weighted by Gasteiger charge is 2.23. The Balaban J connectivity index is 1.52. The first-order valence-electron chi connectivity index (χ1n) is 9.15. The predicted octanol–water partition coefficient (Wildman–Crippen LogP) is 2.58. The fourth-order valence-electron chi connectivity index (χ4n) is 3.70. The fraction of sp³-hybridized carbons (Fsp3) is 0.550. The Labute approximate surface area is 151 Å². The molecule has 0 saturated carbocycles. The number of hydrogen-bond acceptors (Lipinski definition) is 4. The molecule has 0 unspecified atom stereocenters. The van der Waals surface area contributed by atoms with Crippen molar-refractivity contribution in [2.45, 2.75) is 19.9 Å². The molecular weight excluding hydrogens is 312 g/mol. The van der Waals surface area contributed by atoms with Crippen LogP contribution in [0.15, 0.2) is 36.7 Å². The highest BCUT2D eigenvalue weighted by atomic mass is 16.5. The van der Waals surface area contributed by atoms with Gasteiger partial charge in [-0.05, 0) is 62.2 Å². The lowest BCUT2D eigenvalue weighted by Crippen LogP contribution is -2.29. The Bertz CT molecular complexity index is 656. The molecule has 1 aliphatic heterocycles. The topological polar surface area (TPSA) is 33.5 Å². The first-order valence-corrected chi connectivity index (χ1v) is 9.15. The summed E-state index contributed by atoms with van der Waals surface area (Å²) in [5, 5.41) is 4.31. The quantitative estimate of drug-likeness (QED) is 0.738. The molecule has 1 aromatic carbocycles. The highest BCUT2D eigenvalue weighted by molar-refractivity contribution is 5.39. The van der Waals surface area contributed by atoms with E-state index >= 15 is 0 Å². The first-order chi connectivity index (χ1) is 12.2. The highest BCUT2D eigenvalue weighted by Crippen LogP contribution is 2.19. The summed E-state index contributed by atoms with van der Waals surface area (Å²) < 4.78 is 7.10. The predicted molar refractivity (Wildman–Crippen MR) is 101 cm³/mol. The van der Waals surface area contributed by atoms with Gasteiger partial charge in [-0.2, -0.15) is 5.10 Å². The van der Waals surface area contributed by atoms with Crippen LogP contribution in [0.4, 0.5) is 0 Å². The Kier molecular flexibility index (Phi) is 6.24. The van der Waals surface area contributed by atoms with E-state index in [2.05, 4.69) is 47.1 Å². The molecule has 25 heavy (non-hydrogen) atoms. The Hall–Kier alpha value is -1.69. The summed E-state index contributed by atoms with van der Waals surface area (Å²) in [6.45, 7) is 8.65. The molecule has 3 rings (SSSR count). The second kappa shape index (κ2) is 8.61. The van der Waals surface area contributed by atoms with Crippen molar-refractivity contribution in [1.29, 1.82) is 0 Å². The van der Waals surface area contributed by atoms with Crippen LogP contribution < -0.4 is 0 Å². The number of nitrogens with zero attached hydrogens (tertiary/aromatic N) is 4. The smallest absolute Gasteiger partial charge is 0.0648 e. The van der Waals surface area contributed by atoms with Crippen molar-refractivity contribution in [2.24, 2.45) is 5.92 Å². The molecule has 5 heteroatoms. The van der Waals surface area contributed by atoms with Crippen LogP contribution in [0.1, 0.15) is 17.5 Å². The van der Waals surface area contributed by atoms with E-state index in [0.29, 0.717) is 0 Å². The average Bonchev–Trinajstić information content (AvgIpc) is 3.26. The fourth-order valence-corrected chi connectivity index (χ4v) is 3.70. The second-order valence-electron chi connectivity index (χ2n) is 7.21. The standard InChI is InChI=1S/C20H30N4O/c1-17-13-20(24-9-4-8-21-24)6-5-19(17)16-22(2)14-18-7-10-23(15-18)11-12-25-3/h4-6,8-9,13,18H,7,10-12,14-16H2,1-3H3/t18-/m0/s1. The normalized spacial score (nSPS) is 18.3. The van der Waals surface area contributed by atoms with Gasteiger partial charge in [-0.1, -0.05) is 6.07 Å². The molecule has 2 heterocycles. The van der Waals surface area contributed by atoms with Gasteiger partial charge >= 0.3 is 0 Å². The maximum absolute atomic E-state index is 5.19. The van der Waals surface area contributed by atoms with Crippen LogP contribution in [0.25, 0.3) is 5.69 Å². The number of likely N-dealkylation sites (tertiary alicyclic amines) is 1. The van der Waals surface area contributed by atoms with Crippen molar-refractivity contribution in [3.63, 3.8) is 0 Å². The molecule has 1 aromatic heterocycles. The van der Waals surface area contributed by atoms with Crippen molar-refractivity contribution in [3.05, 3.63) is 47.8 Å². The molecular formula is C20H30N4O. The number of aryl methyl sites for hydroxylation is 1. The number of aromatic nitrogens is 2. The van der Waals surface area contributed by atoms with Crippen LogP contribution in [0.3, 0.4) is 0 Å². The minimum Gasteiger partial charge on any atom is -0.383 e. The summed E-state index contributed by atoms with van der Waals surface area (Å²) in [5.41, 5.74) is 3.85. The molecule has 0 bridgehead atoms. The lowest BCUT2D eigenvalue weighted by atomic mass is 10.1. The number of ether oxygens (including phenoxy) is 1. The lowest BCUT2D eigenvalue weighted by molar-refractivity contribution is 0.157. The molecule has 0 N–H and O–H groups in total. The molecule has 0 spiro atoms. The van der Waals surface area contributed by atoms with Gasteiger partial charge in [-0.3, -0.25) is 0 Å². The number of hydrogen-bond donors (Lipinski definition) is 0. The van der Waals surface area contributed by atoms with Gasteiger partial charge in [0.25, 0.3) is 0 Å². The van der Waals surface area contributed by atoms with Gasteiger partial charge in [-0.25, -0.2) is 4.68 Å². The molecule has 136 valence electrons. The zero-order valence-corrected chi connectivity index (χ0v) is 15.7. The molecule has 1 atom stereocenters. The zero-order valence-electron chi connectivity index (χ0n) is 15.7. The van der Waals surface area contributed by atoms with Gasteiger partial charge < -0.3 is 14.5 Å². The Morgan fingerprint density at radius 1 is 1.36 bits per heavy atom. The molecule has 0 radical (unpaired) electrons. The van der Waals surface area contributed by atoms with Gasteiger partial charge in [0.1, 0.15) is 0 Å². The van der Waals surface area contributed by atoms with Crippen molar-refractivity contribution in [2.75, 3.05) is 46.9 Å². The maximum atomic E-state index is 5.19. The van der Waals surface area contributed by atoms with Crippen molar-refractivity contribution in [1.82, 2.24) is 19.6 Å². The van der Waals surface area contributed by atoms with Crippen molar-refractivity contribution >= 4 is 0 Å². The number of methoxy groups -OCH3 is 1. The van der Waals surface area contributed by atoms with Crippen LogP contribution in [0.2, 0.25) is 0 Å². The van der Waals surface area contributed by atoms with E-state index in [9.17, 15) is 0 Å². The van der Waals surface area contributed by atoms with Crippen LogP contribution in [-0.2, 0) is 11.3 Å². The van der Waals surface area contributed by atoms with Gasteiger partial charge in [-0.15, -0.1) is 0 Å². The summed E-state index contributed by atoms with van der Waals surface area (Å²) in [7, 11) is 4.01. The number of rotatable bonds is 8. The molecule has 5 nitrogen and oxygen atoms in total. The molecule has 1 saturated heterocycles. The summed E-state index contributed by atoms with van der Waals surface area (Å²) in [4.78, 5) is 4.98. The van der Waals surface area contributed by atoms with Gasteiger partial charge in [0, 0.05) is 45.7 Å². The lowest BCUT2D eigenvalue weighted by Gasteiger charge is -2.22. The monoisotopic (exact) mass is 342 g/mol. The van der Waals surface area contributed by atoms with Crippen molar-refractivity contribution in [3.8, 4) is 5.69 Å². The third kappa shape index (κ3) is 4.91. The minimum atomic E-state index is 0.769. The van der Waals surface area contributed by atoms with E-state index in [1.54, 1.807) is 7.11 Å². The van der Waals surface area contributed by atoms with E-state index in [-0.39, 0.29) is 0 Å². The Morgan fingerprint density at radius 3 is 2.96 bits per heavy atom. The summed E-state index contributed by atoms with van der Waals surface area (Å²) in [6, 6.07) is 8.57. The minimum absolute atomic E-state index is 0.769. The van der Waals surface area contributed by atoms with E-state index < -0.39 is 0 Å². The zero-order chi connectivity index (χ0) is 17.6. The summed E-state index contributed by atoms with van der Waals surface area (Å²) in [6.07, 6.45) is 5.09. The van der Waals surface area contributed by atoms with Crippen LogP contribution >= 0.6 is 0 Å².